The molecule has 2 aromatic carbocycles. The Morgan fingerprint density at radius 2 is 1.91 bits per heavy atom. The van der Waals surface area contributed by atoms with Gasteiger partial charge < -0.3 is 14.9 Å². The molecule has 3 heterocycles. The number of aliphatic hydroxyl groups excluding tert-OH is 1. The standard InChI is InChI=1S/C25H22FN3O3/c26-20-5-1-3-18(11-20)25(32)28-13-21-24(22(15-30)29(21)23(31)14-28)17-8-6-16(7-9-17)19-4-2-10-27-12-19/h1-12,21-22,24,30H,13-15H2/t21-,22-,24-/m0/s1. The SMILES string of the molecule is O=C(c1cccc(F)c1)N1CC(=O)N2[C@@H](CO)[C@@H](c3ccc(-c4cccnc4)cc3)[C@@H]2C1. The lowest BCUT2D eigenvalue weighted by Gasteiger charge is -2.58. The van der Waals surface area contributed by atoms with Gasteiger partial charge in [-0.25, -0.2) is 4.39 Å². The smallest absolute Gasteiger partial charge is 0.254 e. The largest absolute Gasteiger partial charge is 0.394 e. The van der Waals surface area contributed by atoms with Crippen molar-refractivity contribution in [1.29, 1.82) is 0 Å². The van der Waals surface area contributed by atoms with Gasteiger partial charge in [-0.2, -0.15) is 0 Å². The van der Waals surface area contributed by atoms with Gasteiger partial charge in [-0.3, -0.25) is 14.6 Å². The first kappa shape index (κ1) is 20.3. The fraction of sp³-hybridized carbons (Fsp3) is 0.240. The van der Waals surface area contributed by atoms with Crippen LogP contribution in [-0.2, 0) is 4.79 Å². The maximum atomic E-state index is 13.6. The highest BCUT2D eigenvalue weighted by molar-refractivity contribution is 5.97. The van der Waals surface area contributed by atoms with Gasteiger partial charge in [-0.05, 0) is 41.0 Å². The van der Waals surface area contributed by atoms with Crippen LogP contribution in [0.3, 0.4) is 0 Å². The van der Waals surface area contributed by atoms with Crippen LogP contribution in [0, 0.1) is 5.82 Å². The molecule has 2 aliphatic rings. The summed E-state index contributed by atoms with van der Waals surface area (Å²) in [6, 6.07) is 16.8. The van der Waals surface area contributed by atoms with Crippen molar-refractivity contribution in [3.05, 3.63) is 90.0 Å². The minimum atomic E-state index is -0.489. The van der Waals surface area contributed by atoms with Gasteiger partial charge in [-0.1, -0.05) is 36.4 Å². The summed E-state index contributed by atoms with van der Waals surface area (Å²) < 4.78 is 13.6. The van der Waals surface area contributed by atoms with Gasteiger partial charge in [0.2, 0.25) is 5.91 Å². The summed E-state index contributed by atoms with van der Waals surface area (Å²) in [6.45, 7) is 0.122. The van der Waals surface area contributed by atoms with Gasteiger partial charge in [-0.15, -0.1) is 0 Å². The van der Waals surface area contributed by atoms with Crippen molar-refractivity contribution in [2.75, 3.05) is 19.7 Å². The molecule has 2 saturated heterocycles. The van der Waals surface area contributed by atoms with E-state index in [2.05, 4.69) is 4.98 Å². The fourth-order valence-electron chi connectivity index (χ4n) is 4.89. The summed E-state index contributed by atoms with van der Waals surface area (Å²) in [4.78, 5) is 33.0. The van der Waals surface area contributed by atoms with E-state index in [1.165, 1.54) is 23.1 Å². The first-order chi connectivity index (χ1) is 15.6. The number of halogens is 1. The molecule has 0 saturated carbocycles. The molecule has 2 amide bonds. The Labute approximate surface area is 184 Å². The quantitative estimate of drug-likeness (QED) is 0.690. The van der Waals surface area contributed by atoms with Crippen molar-refractivity contribution in [2.24, 2.45) is 0 Å². The van der Waals surface area contributed by atoms with Crippen LogP contribution in [0.25, 0.3) is 11.1 Å². The summed E-state index contributed by atoms with van der Waals surface area (Å²) in [6.07, 6.45) is 3.52. The van der Waals surface area contributed by atoms with Gasteiger partial charge in [0.05, 0.1) is 18.7 Å². The van der Waals surface area contributed by atoms with Crippen molar-refractivity contribution < 1.29 is 19.1 Å². The first-order valence-corrected chi connectivity index (χ1v) is 10.5. The molecule has 0 unspecified atom stereocenters. The van der Waals surface area contributed by atoms with Crippen LogP contribution in [0.5, 0.6) is 0 Å². The molecule has 1 N–H and O–H groups in total. The second kappa shape index (κ2) is 8.16. The Kier molecular flexibility index (Phi) is 5.19. The van der Waals surface area contributed by atoms with Gasteiger partial charge >= 0.3 is 0 Å². The number of aliphatic hydroxyl groups is 1. The summed E-state index contributed by atoms with van der Waals surface area (Å²) in [7, 11) is 0. The molecule has 0 bridgehead atoms. The highest BCUT2D eigenvalue weighted by Gasteiger charge is 2.54. The van der Waals surface area contributed by atoms with E-state index in [1.54, 1.807) is 23.4 Å². The van der Waals surface area contributed by atoms with Gasteiger partial charge in [0, 0.05) is 30.4 Å². The van der Waals surface area contributed by atoms with E-state index in [4.69, 9.17) is 0 Å². The average Bonchev–Trinajstić information content (AvgIpc) is 2.81. The number of hydrogen-bond donors (Lipinski definition) is 1. The van der Waals surface area contributed by atoms with Crippen LogP contribution in [-0.4, -0.2) is 63.5 Å². The van der Waals surface area contributed by atoms with Crippen LogP contribution in [0.2, 0.25) is 0 Å². The molecule has 3 atom stereocenters. The van der Waals surface area contributed by atoms with E-state index in [9.17, 15) is 19.1 Å². The maximum Gasteiger partial charge on any atom is 0.254 e. The Morgan fingerprint density at radius 1 is 1.09 bits per heavy atom. The molecule has 2 aliphatic heterocycles. The number of benzene rings is 2. The lowest BCUT2D eigenvalue weighted by molar-refractivity contribution is -0.159. The van der Waals surface area contributed by atoms with Crippen molar-refractivity contribution in [3.8, 4) is 11.1 Å². The molecule has 0 aliphatic carbocycles. The van der Waals surface area contributed by atoms with Crippen LogP contribution in [0.4, 0.5) is 4.39 Å². The normalized spacial score (nSPS) is 22.3. The predicted octanol–water partition coefficient (Wildman–Crippen LogP) is 2.70. The van der Waals surface area contributed by atoms with Gasteiger partial charge in [0.25, 0.3) is 5.91 Å². The number of fused-ring (bicyclic) bond motifs is 1. The first-order valence-electron chi connectivity index (χ1n) is 10.5. The third-order valence-electron chi connectivity index (χ3n) is 6.40. The van der Waals surface area contributed by atoms with Crippen molar-refractivity contribution in [2.45, 2.75) is 18.0 Å². The monoisotopic (exact) mass is 431 g/mol. The lowest BCUT2D eigenvalue weighted by atomic mass is 9.73. The van der Waals surface area contributed by atoms with E-state index in [-0.39, 0.29) is 48.5 Å². The molecule has 7 heteroatoms. The molecule has 2 fully saturated rings. The molecule has 0 spiro atoms. The van der Waals surface area contributed by atoms with E-state index in [0.717, 1.165) is 16.7 Å². The zero-order chi connectivity index (χ0) is 22.2. The summed E-state index contributed by atoms with van der Waals surface area (Å²) >= 11 is 0. The maximum absolute atomic E-state index is 13.6. The molecule has 6 nitrogen and oxygen atoms in total. The third kappa shape index (κ3) is 3.44. The highest BCUT2D eigenvalue weighted by Crippen LogP contribution is 2.43. The molecule has 3 aromatic rings. The molecule has 162 valence electrons. The molecular weight excluding hydrogens is 409 g/mol. The minimum Gasteiger partial charge on any atom is -0.394 e. The average molecular weight is 431 g/mol. The van der Waals surface area contributed by atoms with Crippen LogP contribution < -0.4 is 0 Å². The number of nitrogens with zero attached hydrogens (tertiary/aromatic N) is 3. The molecule has 1 aromatic heterocycles. The number of rotatable bonds is 4. The van der Waals surface area contributed by atoms with Crippen molar-refractivity contribution in [3.63, 3.8) is 0 Å². The third-order valence-corrected chi connectivity index (χ3v) is 6.40. The number of carbonyl (C=O) groups excluding carboxylic acids is 2. The fourth-order valence-corrected chi connectivity index (χ4v) is 4.89. The van der Waals surface area contributed by atoms with Gasteiger partial charge in [0.15, 0.2) is 0 Å². The second-order valence-electron chi connectivity index (χ2n) is 8.20. The van der Waals surface area contributed by atoms with E-state index in [0.29, 0.717) is 6.54 Å². The van der Waals surface area contributed by atoms with E-state index >= 15 is 0 Å². The van der Waals surface area contributed by atoms with Crippen molar-refractivity contribution >= 4 is 11.8 Å². The van der Waals surface area contributed by atoms with Crippen LogP contribution in [0.15, 0.2) is 73.1 Å². The summed E-state index contributed by atoms with van der Waals surface area (Å²) in [5, 5.41) is 9.97. The minimum absolute atomic E-state index is 0.0744. The van der Waals surface area contributed by atoms with E-state index < -0.39 is 5.82 Å². The topological polar surface area (TPSA) is 73.7 Å². The number of amides is 2. The number of piperazine rings is 1. The highest BCUT2D eigenvalue weighted by atomic mass is 19.1. The van der Waals surface area contributed by atoms with Crippen molar-refractivity contribution in [1.82, 2.24) is 14.8 Å². The number of aromatic nitrogens is 1. The Hall–Kier alpha value is -3.58. The van der Waals surface area contributed by atoms with Gasteiger partial charge in [0.1, 0.15) is 12.4 Å². The molecule has 32 heavy (non-hydrogen) atoms. The zero-order valence-corrected chi connectivity index (χ0v) is 17.3. The summed E-state index contributed by atoms with van der Waals surface area (Å²) in [5.41, 5.74) is 3.27. The predicted molar refractivity (Wildman–Crippen MR) is 116 cm³/mol. The Balaban J connectivity index is 1.39. The Morgan fingerprint density at radius 3 is 2.59 bits per heavy atom. The van der Waals surface area contributed by atoms with Crippen LogP contribution >= 0.6 is 0 Å². The van der Waals surface area contributed by atoms with E-state index in [1.807, 2.05) is 36.4 Å². The summed E-state index contributed by atoms with van der Waals surface area (Å²) in [5.74, 6) is -1.14. The zero-order valence-electron chi connectivity index (χ0n) is 17.3. The second-order valence-corrected chi connectivity index (χ2v) is 8.20. The van der Waals surface area contributed by atoms with Crippen LogP contribution in [0.1, 0.15) is 21.8 Å². The molecule has 0 radical (unpaired) electrons. The Bertz CT molecular complexity index is 1150. The number of hydrogen-bond acceptors (Lipinski definition) is 4. The molecular formula is C25H22FN3O3. The lowest BCUT2D eigenvalue weighted by Crippen LogP contribution is -2.73. The number of carbonyl (C=O) groups is 2. The molecule has 5 rings (SSSR count). The number of pyridine rings is 1.